The molecular weight excluding hydrogens is 226 g/mol. The Labute approximate surface area is 106 Å². The van der Waals surface area contributed by atoms with Crippen LogP contribution in [0.25, 0.3) is 0 Å². The molecule has 0 spiro atoms. The van der Waals surface area contributed by atoms with Crippen LogP contribution >= 0.6 is 0 Å². The van der Waals surface area contributed by atoms with Crippen molar-refractivity contribution in [1.29, 1.82) is 0 Å². The smallest absolute Gasteiger partial charge is 0.229 e. The van der Waals surface area contributed by atoms with E-state index in [4.69, 9.17) is 0 Å². The number of carbonyl (C=O) groups excluding carboxylic acids is 1. The maximum absolute atomic E-state index is 11.9. The van der Waals surface area contributed by atoms with Crippen LogP contribution in [0.1, 0.15) is 23.6 Å². The van der Waals surface area contributed by atoms with Crippen LogP contribution in [0.5, 0.6) is 0 Å². The van der Waals surface area contributed by atoms with Crippen LogP contribution in [0.3, 0.4) is 0 Å². The number of rotatable bonds is 4. The zero-order chi connectivity index (χ0) is 13.0. The van der Waals surface area contributed by atoms with Gasteiger partial charge in [0.05, 0.1) is 12.6 Å². The number of aryl methyl sites for hydroxylation is 2. The van der Waals surface area contributed by atoms with Crippen molar-refractivity contribution >= 4 is 11.7 Å². The minimum absolute atomic E-state index is 0.0248. The highest BCUT2D eigenvalue weighted by Gasteiger charge is 2.09. The minimum atomic E-state index is -0.0248. The molecule has 0 aliphatic rings. The fourth-order valence-corrected chi connectivity index (χ4v) is 1.85. The molecule has 4 heteroatoms. The lowest BCUT2D eigenvalue weighted by Gasteiger charge is -2.06. The Kier molecular flexibility index (Phi) is 3.77. The molecule has 1 aromatic carbocycles. The van der Waals surface area contributed by atoms with E-state index in [1.807, 2.05) is 38.1 Å². The number of benzene rings is 1. The molecule has 1 amide bonds. The van der Waals surface area contributed by atoms with Gasteiger partial charge in [-0.2, -0.15) is 5.10 Å². The van der Waals surface area contributed by atoms with Crippen LogP contribution < -0.4 is 5.32 Å². The molecule has 0 bridgehead atoms. The SMILES string of the molecule is CCc1cn[nH]c1NC(=O)Cc1ccccc1C. The molecule has 0 unspecified atom stereocenters. The molecule has 18 heavy (non-hydrogen) atoms. The van der Waals surface area contributed by atoms with E-state index >= 15 is 0 Å². The van der Waals surface area contributed by atoms with Crippen LogP contribution in [0, 0.1) is 6.92 Å². The van der Waals surface area contributed by atoms with Crippen molar-refractivity contribution in [2.75, 3.05) is 5.32 Å². The summed E-state index contributed by atoms with van der Waals surface area (Å²) in [6, 6.07) is 7.91. The monoisotopic (exact) mass is 243 g/mol. The lowest BCUT2D eigenvalue weighted by molar-refractivity contribution is -0.115. The Hall–Kier alpha value is -2.10. The maximum Gasteiger partial charge on any atom is 0.229 e. The summed E-state index contributed by atoms with van der Waals surface area (Å²) < 4.78 is 0. The Bertz CT molecular complexity index is 545. The van der Waals surface area contributed by atoms with Crippen LogP contribution in [0.2, 0.25) is 0 Å². The third kappa shape index (κ3) is 2.77. The molecule has 0 saturated carbocycles. The van der Waals surface area contributed by atoms with Crippen molar-refractivity contribution in [3.8, 4) is 0 Å². The van der Waals surface area contributed by atoms with Crippen LogP contribution in [0.15, 0.2) is 30.5 Å². The van der Waals surface area contributed by atoms with E-state index in [2.05, 4.69) is 15.5 Å². The summed E-state index contributed by atoms with van der Waals surface area (Å²) in [7, 11) is 0. The summed E-state index contributed by atoms with van der Waals surface area (Å²) in [5, 5.41) is 9.60. The first-order valence-electron chi connectivity index (χ1n) is 6.07. The normalized spacial score (nSPS) is 10.3. The molecule has 4 nitrogen and oxygen atoms in total. The second-order valence-corrected chi connectivity index (χ2v) is 4.28. The number of nitrogens with one attached hydrogen (secondary N) is 2. The molecule has 1 heterocycles. The minimum Gasteiger partial charge on any atom is -0.311 e. The van der Waals surface area contributed by atoms with E-state index < -0.39 is 0 Å². The molecule has 2 N–H and O–H groups in total. The molecule has 1 aromatic heterocycles. The predicted molar refractivity (Wildman–Crippen MR) is 71.5 cm³/mol. The van der Waals surface area contributed by atoms with Gasteiger partial charge in [0.25, 0.3) is 0 Å². The molecule has 2 aromatic rings. The summed E-state index contributed by atoms with van der Waals surface area (Å²) in [6.07, 6.45) is 2.97. The van der Waals surface area contributed by atoms with Gasteiger partial charge in [-0.3, -0.25) is 9.89 Å². The van der Waals surface area contributed by atoms with Crippen molar-refractivity contribution < 1.29 is 4.79 Å². The molecule has 0 radical (unpaired) electrons. The third-order valence-electron chi connectivity index (χ3n) is 2.98. The summed E-state index contributed by atoms with van der Waals surface area (Å²) in [4.78, 5) is 11.9. The lowest BCUT2D eigenvalue weighted by atomic mass is 10.1. The highest BCUT2D eigenvalue weighted by atomic mass is 16.1. The van der Waals surface area contributed by atoms with Gasteiger partial charge in [-0.25, -0.2) is 0 Å². The number of aromatic nitrogens is 2. The van der Waals surface area contributed by atoms with Crippen LogP contribution in [-0.4, -0.2) is 16.1 Å². The fraction of sp³-hybridized carbons (Fsp3) is 0.286. The van der Waals surface area contributed by atoms with Gasteiger partial charge in [0.15, 0.2) is 0 Å². The van der Waals surface area contributed by atoms with E-state index in [9.17, 15) is 4.79 Å². The highest BCUT2D eigenvalue weighted by molar-refractivity contribution is 5.92. The first-order valence-corrected chi connectivity index (χ1v) is 6.07. The maximum atomic E-state index is 11.9. The van der Waals surface area contributed by atoms with E-state index in [0.29, 0.717) is 12.2 Å². The Morgan fingerprint density at radius 2 is 2.11 bits per heavy atom. The van der Waals surface area contributed by atoms with Crippen LogP contribution in [-0.2, 0) is 17.6 Å². The number of hydrogen-bond donors (Lipinski definition) is 2. The van der Waals surface area contributed by atoms with Crippen molar-refractivity contribution in [3.63, 3.8) is 0 Å². The van der Waals surface area contributed by atoms with Gasteiger partial charge in [0.2, 0.25) is 5.91 Å². The Morgan fingerprint density at radius 3 is 2.83 bits per heavy atom. The van der Waals surface area contributed by atoms with Crippen molar-refractivity contribution in [1.82, 2.24) is 10.2 Å². The third-order valence-corrected chi connectivity index (χ3v) is 2.98. The number of H-pyrrole nitrogens is 1. The molecule has 0 saturated heterocycles. The molecular formula is C14H17N3O. The lowest BCUT2D eigenvalue weighted by Crippen LogP contribution is -2.16. The molecule has 94 valence electrons. The summed E-state index contributed by atoms with van der Waals surface area (Å²) in [5.41, 5.74) is 3.20. The van der Waals surface area contributed by atoms with Crippen molar-refractivity contribution in [3.05, 3.63) is 47.2 Å². The number of aromatic amines is 1. The number of carbonyl (C=O) groups is 1. The van der Waals surface area contributed by atoms with E-state index in [-0.39, 0.29) is 5.91 Å². The summed E-state index contributed by atoms with van der Waals surface area (Å²) in [6.45, 7) is 4.04. The second-order valence-electron chi connectivity index (χ2n) is 4.28. The number of amides is 1. The first-order chi connectivity index (χ1) is 8.70. The van der Waals surface area contributed by atoms with Gasteiger partial charge < -0.3 is 5.32 Å². The highest BCUT2D eigenvalue weighted by Crippen LogP contribution is 2.13. The zero-order valence-corrected chi connectivity index (χ0v) is 10.7. The van der Waals surface area contributed by atoms with Gasteiger partial charge in [-0.15, -0.1) is 0 Å². The van der Waals surface area contributed by atoms with Gasteiger partial charge >= 0.3 is 0 Å². The van der Waals surface area contributed by atoms with E-state index in [1.165, 1.54) is 0 Å². The van der Waals surface area contributed by atoms with E-state index in [1.54, 1.807) is 6.20 Å². The topological polar surface area (TPSA) is 57.8 Å². The fourth-order valence-electron chi connectivity index (χ4n) is 1.85. The zero-order valence-electron chi connectivity index (χ0n) is 10.7. The van der Waals surface area contributed by atoms with Gasteiger partial charge in [0, 0.05) is 5.56 Å². The standard InChI is InChI=1S/C14H17N3O/c1-3-11-9-15-17-14(11)16-13(18)8-12-7-5-4-6-10(12)2/h4-7,9H,3,8H2,1-2H3,(H2,15,16,17,18). The van der Waals surface area contributed by atoms with Crippen molar-refractivity contribution in [2.24, 2.45) is 0 Å². The first kappa shape index (κ1) is 12.4. The number of hydrogen-bond acceptors (Lipinski definition) is 2. The quantitative estimate of drug-likeness (QED) is 0.866. The molecule has 0 aliphatic heterocycles. The summed E-state index contributed by atoms with van der Waals surface area (Å²) >= 11 is 0. The number of anilines is 1. The summed E-state index contributed by atoms with van der Waals surface area (Å²) in [5.74, 6) is 0.680. The van der Waals surface area contributed by atoms with E-state index in [0.717, 1.165) is 23.1 Å². The van der Waals surface area contributed by atoms with Crippen LogP contribution in [0.4, 0.5) is 5.82 Å². The molecule has 0 atom stereocenters. The largest absolute Gasteiger partial charge is 0.311 e. The van der Waals surface area contributed by atoms with Gasteiger partial charge in [0.1, 0.15) is 5.82 Å². The van der Waals surface area contributed by atoms with Gasteiger partial charge in [-0.1, -0.05) is 31.2 Å². The number of nitrogens with zero attached hydrogens (tertiary/aromatic N) is 1. The average Bonchev–Trinajstić information content (AvgIpc) is 2.79. The second kappa shape index (κ2) is 5.49. The predicted octanol–water partition coefficient (Wildman–Crippen LogP) is 2.46. The average molecular weight is 243 g/mol. The molecule has 2 rings (SSSR count). The molecule has 0 aliphatic carbocycles. The van der Waals surface area contributed by atoms with Crippen molar-refractivity contribution in [2.45, 2.75) is 26.7 Å². The van der Waals surface area contributed by atoms with Gasteiger partial charge in [-0.05, 0) is 24.5 Å². The molecule has 0 fully saturated rings. The Balaban J connectivity index is 2.04. The Morgan fingerprint density at radius 1 is 1.33 bits per heavy atom.